The number of carbonyl (C=O) groups is 2. The molecule has 3 heteroatoms. The highest BCUT2D eigenvalue weighted by atomic mass is 16.5. The van der Waals surface area contributed by atoms with Crippen molar-refractivity contribution in [3.63, 3.8) is 0 Å². The highest BCUT2D eigenvalue weighted by Crippen LogP contribution is 2.46. The Labute approximate surface area is 97.5 Å². The summed E-state index contributed by atoms with van der Waals surface area (Å²) in [6, 6.07) is 0. The summed E-state index contributed by atoms with van der Waals surface area (Å²) in [6.45, 7) is 9.62. The second-order valence-electron chi connectivity index (χ2n) is 5.58. The third-order valence-electron chi connectivity index (χ3n) is 3.97. The average molecular weight is 226 g/mol. The van der Waals surface area contributed by atoms with Gasteiger partial charge in [0, 0.05) is 5.41 Å². The molecule has 0 spiro atoms. The van der Waals surface area contributed by atoms with Crippen molar-refractivity contribution in [2.45, 2.75) is 47.5 Å². The van der Waals surface area contributed by atoms with Crippen molar-refractivity contribution in [1.29, 1.82) is 0 Å². The summed E-state index contributed by atoms with van der Waals surface area (Å²) in [5.74, 6) is -0.274. The number of hydrogen-bond donors (Lipinski definition) is 0. The fraction of sp³-hybridized carbons (Fsp3) is 0.846. The predicted molar refractivity (Wildman–Crippen MR) is 61.9 cm³/mol. The quantitative estimate of drug-likeness (QED) is 0.537. The highest BCUT2D eigenvalue weighted by Gasteiger charge is 2.55. The second-order valence-corrected chi connectivity index (χ2v) is 5.58. The summed E-state index contributed by atoms with van der Waals surface area (Å²) in [4.78, 5) is 24.4. The molecule has 1 rings (SSSR count). The Morgan fingerprint density at radius 1 is 1.44 bits per heavy atom. The van der Waals surface area contributed by atoms with E-state index in [4.69, 9.17) is 4.74 Å². The molecule has 16 heavy (non-hydrogen) atoms. The Kier molecular flexibility index (Phi) is 3.46. The Hall–Kier alpha value is -0.860. The van der Waals surface area contributed by atoms with E-state index < -0.39 is 10.8 Å². The summed E-state index contributed by atoms with van der Waals surface area (Å²) >= 11 is 0. The van der Waals surface area contributed by atoms with Gasteiger partial charge >= 0.3 is 5.97 Å². The van der Waals surface area contributed by atoms with Gasteiger partial charge in [0.2, 0.25) is 0 Å². The number of ketones is 1. The van der Waals surface area contributed by atoms with Crippen molar-refractivity contribution in [2.24, 2.45) is 16.7 Å². The van der Waals surface area contributed by atoms with Crippen LogP contribution in [0.1, 0.15) is 47.5 Å². The zero-order valence-electron chi connectivity index (χ0n) is 10.9. The van der Waals surface area contributed by atoms with Gasteiger partial charge in [0.1, 0.15) is 5.41 Å². The lowest BCUT2D eigenvalue weighted by Gasteiger charge is -2.43. The van der Waals surface area contributed by atoms with Crippen LogP contribution in [0.5, 0.6) is 0 Å². The Balaban J connectivity index is 3.06. The minimum absolute atomic E-state index is 0.0252. The molecule has 0 aromatic carbocycles. The van der Waals surface area contributed by atoms with Gasteiger partial charge in [-0.25, -0.2) is 0 Å². The minimum atomic E-state index is -0.961. The van der Waals surface area contributed by atoms with E-state index in [1.807, 2.05) is 20.8 Å². The van der Waals surface area contributed by atoms with Crippen LogP contribution < -0.4 is 0 Å². The van der Waals surface area contributed by atoms with E-state index in [0.717, 1.165) is 12.8 Å². The maximum atomic E-state index is 12.4. The van der Waals surface area contributed by atoms with E-state index in [2.05, 4.69) is 0 Å². The molecule has 1 aliphatic rings. The molecule has 3 nitrogen and oxygen atoms in total. The van der Waals surface area contributed by atoms with Crippen molar-refractivity contribution in [1.82, 2.24) is 0 Å². The summed E-state index contributed by atoms with van der Waals surface area (Å²) in [7, 11) is 0. The van der Waals surface area contributed by atoms with Gasteiger partial charge in [-0.05, 0) is 32.6 Å². The maximum Gasteiger partial charge on any atom is 0.319 e. The van der Waals surface area contributed by atoms with Crippen LogP contribution in [0, 0.1) is 16.7 Å². The van der Waals surface area contributed by atoms with Crippen molar-refractivity contribution in [3.8, 4) is 0 Å². The molecule has 0 saturated heterocycles. The van der Waals surface area contributed by atoms with Crippen molar-refractivity contribution in [2.75, 3.05) is 6.61 Å². The molecular formula is C13H22O3. The standard InChI is InChI=1S/C13H22O3/c1-6-16-11(15)13(5)9(2)7-8-12(3,4)10(13)14/h9H,6-8H2,1-5H3/t9-,13+/m1/s1. The maximum absolute atomic E-state index is 12.4. The molecular weight excluding hydrogens is 204 g/mol. The smallest absolute Gasteiger partial charge is 0.319 e. The van der Waals surface area contributed by atoms with E-state index in [-0.39, 0.29) is 17.7 Å². The molecule has 0 unspecified atom stereocenters. The van der Waals surface area contributed by atoms with Crippen LogP contribution in [0.15, 0.2) is 0 Å². The Morgan fingerprint density at radius 3 is 2.50 bits per heavy atom. The number of hydrogen-bond acceptors (Lipinski definition) is 3. The molecule has 1 aliphatic carbocycles. The van der Waals surface area contributed by atoms with E-state index in [1.54, 1.807) is 13.8 Å². The van der Waals surface area contributed by atoms with Gasteiger partial charge in [-0.3, -0.25) is 9.59 Å². The lowest BCUT2D eigenvalue weighted by Crippen LogP contribution is -2.52. The fourth-order valence-electron chi connectivity index (χ4n) is 2.48. The minimum Gasteiger partial charge on any atom is -0.465 e. The van der Waals surface area contributed by atoms with E-state index in [9.17, 15) is 9.59 Å². The molecule has 0 radical (unpaired) electrons. The summed E-state index contributed by atoms with van der Waals surface area (Å²) in [6.07, 6.45) is 1.75. The van der Waals surface area contributed by atoms with E-state index in [1.165, 1.54) is 0 Å². The van der Waals surface area contributed by atoms with Crippen LogP contribution in [0.4, 0.5) is 0 Å². The molecule has 0 heterocycles. The van der Waals surface area contributed by atoms with Crippen LogP contribution in [0.3, 0.4) is 0 Å². The number of carbonyl (C=O) groups excluding carboxylic acids is 2. The van der Waals surface area contributed by atoms with E-state index >= 15 is 0 Å². The molecule has 0 aromatic rings. The Bertz CT molecular complexity index is 306. The lowest BCUT2D eigenvalue weighted by atomic mass is 9.58. The SMILES string of the molecule is CCOC(=O)[C@]1(C)C(=O)C(C)(C)CC[C@H]1C. The summed E-state index contributed by atoms with van der Waals surface area (Å²) in [5.41, 5.74) is -1.37. The van der Waals surface area contributed by atoms with Crippen LogP contribution in [-0.4, -0.2) is 18.4 Å². The van der Waals surface area contributed by atoms with Gasteiger partial charge in [-0.2, -0.15) is 0 Å². The molecule has 92 valence electrons. The van der Waals surface area contributed by atoms with Crippen LogP contribution in [-0.2, 0) is 14.3 Å². The van der Waals surface area contributed by atoms with Crippen LogP contribution in [0.2, 0.25) is 0 Å². The number of esters is 1. The number of Topliss-reactive ketones (excluding diaryl/α,β-unsaturated/α-hetero) is 1. The zero-order chi connectivity index (χ0) is 12.6. The first-order valence-electron chi connectivity index (χ1n) is 5.99. The fourth-order valence-corrected chi connectivity index (χ4v) is 2.48. The van der Waals surface area contributed by atoms with Gasteiger partial charge in [-0.15, -0.1) is 0 Å². The zero-order valence-corrected chi connectivity index (χ0v) is 10.9. The first kappa shape index (κ1) is 13.2. The Morgan fingerprint density at radius 2 is 2.00 bits per heavy atom. The van der Waals surface area contributed by atoms with Gasteiger partial charge in [0.15, 0.2) is 5.78 Å². The second kappa shape index (κ2) is 4.19. The molecule has 1 saturated carbocycles. The van der Waals surface area contributed by atoms with Gasteiger partial charge < -0.3 is 4.74 Å². The summed E-state index contributed by atoms with van der Waals surface area (Å²) in [5, 5.41) is 0. The predicted octanol–water partition coefficient (Wildman–Crippen LogP) is 2.58. The lowest BCUT2D eigenvalue weighted by molar-refractivity contribution is -0.169. The largest absolute Gasteiger partial charge is 0.465 e. The first-order valence-corrected chi connectivity index (χ1v) is 5.99. The van der Waals surface area contributed by atoms with Gasteiger partial charge in [0.05, 0.1) is 6.61 Å². The average Bonchev–Trinajstić information content (AvgIpc) is 2.22. The molecule has 2 atom stereocenters. The van der Waals surface area contributed by atoms with Gasteiger partial charge in [-0.1, -0.05) is 20.8 Å². The number of rotatable bonds is 2. The third kappa shape index (κ3) is 1.87. The first-order chi connectivity index (χ1) is 7.26. The van der Waals surface area contributed by atoms with Gasteiger partial charge in [0.25, 0.3) is 0 Å². The third-order valence-corrected chi connectivity index (χ3v) is 3.97. The molecule has 0 amide bonds. The molecule has 0 aliphatic heterocycles. The molecule has 0 bridgehead atoms. The van der Waals surface area contributed by atoms with E-state index in [0.29, 0.717) is 6.61 Å². The van der Waals surface area contributed by atoms with Crippen LogP contribution in [0.25, 0.3) is 0 Å². The van der Waals surface area contributed by atoms with Crippen molar-refractivity contribution < 1.29 is 14.3 Å². The monoisotopic (exact) mass is 226 g/mol. The highest BCUT2D eigenvalue weighted by molar-refractivity contribution is 6.06. The molecule has 0 aromatic heterocycles. The topological polar surface area (TPSA) is 43.4 Å². The van der Waals surface area contributed by atoms with Crippen molar-refractivity contribution in [3.05, 3.63) is 0 Å². The summed E-state index contributed by atoms with van der Waals surface area (Å²) < 4.78 is 5.06. The molecule has 1 fully saturated rings. The van der Waals surface area contributed by atoms with Crippen molar-refractivity contribution >= 4 is 11.8 Å². The number of ether oxygens (including phenoxy) is 1. The molecule has 0 N–H and O–H groups in total. The normalized spacial score (nSPS) is 33.6. The van der Waals surface area contributed by atoms with Crippen LogP contribution >= 0.6 is 0 Å².